The Morgan fingerprint density at radius 2 is 2.26 bits per heavy atom. The molecule has 9 nitrogen and oxygen atoms in total. The highest BCUT2D eigenvalue weighted by Gasteiger charge is 2.28. The zero-order chi connectivity index (χ0) is 18.8. The normalized spacial score (nSPS) is 17.4. The van der Waals surface area contributed by atoms with E-state index in [4.69, 9.17) is 0 Å². The molecule has 0 unspecified atom stereocenters. The molecule has 0 aromatic carbocycles. The standard InChI is InChI=1S/C18H23N7O2/c1-23-16(12-26)21-22-17(23)13-5-4-7-24(11-13)18(27)20-10-14-9-19-15-6-2-3-8-25(14)15/h2-3,6,8-9,13,26H,4-5,7,10-12H2,1H3,(H,20,27)/t13-/m1/s1. The number of urea groups is 1. The number of hydrogen-bond acceptors (Lipinski definition) is 5. The first-order valence-electron chi connectivity index (χ1n) is 9.10. The van der Waals surface area contributed by atoms with Crippen molar-refractivity contribution < 1.29 is 9.90 Å². The van der Waals surface area contributed by atoms with E-state index >= 15 is 0 Å². The predicted molar refractivity (Wildman–Crippen MR) is 97.9 cm³/mol. The van der Waals surface area contributed by atoms with Crippen molar-refractivity contribution in [2.24, 2.45) is 7.05 Å². The number of imidazole rings is 1. The van der Waals surface area contributed by atoms with Gasteiger partial charge in [0.05, 0.1) is 18.4 Å². The molecule has 0 bridgehead atoms. The third-order valence-electron chi connectivity index (χ3n) is 5.13. The first-order valence-corrected chi connectivity index (χ1v) is 9.10. The number of aromatic nitrogens is 5. The second kappa shape index (κ2) is 7.36. The number of amides is 2. The van der Waals surface area contributed by atoms with Crippen molar-refractivity contribution in [3.8, 4) is 0 Å². The van der Waals surface area contributed by atoms with Crippen molar-refractivity contribution in [2.45, 2.75) is 31.9 Å². The lowest BCUT2D eigenvalue weighted by atomic mass is 9.97. The monoisotopic (exact) mass is 369 g/mol. The summed E-state index contributed by atoms with van der Waals surface area (Å²) >= 11 is 0. The smallest absolute Gasteiger partial charge is 0.317 e. The lowest BCUT2D eigenvalue weighted by molar-refractivity contribution is 0.177. The number of carbonyl (C=O) groups is 1. The van der Waals surface area contributed by atoms with Gasteiger partial charge in [-0.3, -0.25) is 0 Å². The van der Waals surface area contributed by atoms with Crippen LogP contribution in [0.25, 0.3) is 5.65 Å². The molecule has 4 rings (SSSR count). The molecule has 4 heterocycles. The quantitative estimate of drug-likeness (QED) is 0.716. The Balaban J connectivity index is 1.40. The molecular formula is C18H23N7O2. The molecule has 0 radical (unpaired) electrons. The SMILES string of the molecule is Cn1c(CO)nnc1[C@@H]1CCCN(C(=O)NCc2cnc3ccccn23)C1. The van der Waals surface area contributed by atoms with E-state index in [0.717, 1.165) is 36.6 Å². The summed E-state index contributed by atoms with van der Waals surface area (Å²) < 4.78 is 3.79. The van der Waals surface area contributed by atoms with Gasteiger partial charge in [0.1, 0.15) is 18.1 Å². The van der Waals surface area contributed by atoms with Crippen molar-refractivity contribution in [3.63, 3.8) is 0 Å². The highest BCUT2D eigenvalue weighted by atomic mass is 16.3. The average molecular weight is 369 g/mol. The zero-order valence-electron chi connectivity index (χ0n) is 15.2. The fourth-order valence-corrected chi connectivity index (χ4v) is 3.63. The number of carbonyl (C=O) groups excluding carboxylic acids is 1. The summed E-state index contributed by atoms with van der Waals surface area (Å²) in [5.74, 6) is 1.48. The minimum Gasteiger partial charge on any atom is -0.388 e. The van der Waals surface area contributed by atoms with Crippen molar-refractivity contribution in [1.29, 1.82) is 0 Å². The fourth-order valence-electron chi connectivity index (χ4n) is 3.63. The van der Waals surface area contributed by atoms with E-state index in [-0.39, 0.29) is 18.6 Å². The van der Waals surface area contributed by atoms with E-state index < -0.39 is 0 Å². The number of piperidine rings is 1. The molecule has 2 N–H and O–H groups in total. The Morgan fingerprint density at radius 3 is 3.07 bits per heavy atom. The molecule has 1 fully saturated rings. The van der Waals surface area contributed by atoms with Crippen LogP contribution in [0.5, 0.6) is 0 Å². The number of hydrogen-bond donors (Lipinski definition) is 2. The molecule has 0 aliphatic carbocycles. The van der Waals surface area contributed by atoms with Crippen LogP contribution in [0.1, 0.15) is 36.1 Å². The number of nitrogens with one attached hydrogen (secondary N) is 1. The number of aliphatic hydroxyl groups is 1. The maximum absolute atomic E-state index is 12.7. The lowest BCUT2D eigenvalue weighted by Gasteiger charge is -2.32. The molecule has 1 aliphatic rings. The van der Waals surface area contributed by atoms with Gasteiger partial charge in [-0.25, -0.2) is 9.78 Å². The fraction of sp³-hybridized carbons (Fsp3) is 0.444. The summed E-state index contributed by atoms with van der Waals surface area (Å²) in [6.45, 7) is 1.60. The van der Waals surface area contributed by atoms with Crippen LogP contribution in [-0.2, 0) is 20.2 Å². The van der Waals surface area contributed by atoms with Gasteiger partial charge in [-0.05, 0) is 25.0 Å². The third-order valence-corrected chi connectivity index (χ3v) is 5.13. The third kappa shape index (κ3) is 3.37. The maximum Gasteiger partial charge on any atom is 0.317 e. The van der Waals surface area contributed by atoms with E-state index in [0.29, 0.717) is 18.9 Å². The van der Waals surface area contributed by atoms with Gasteiger partial charge in [0, 0.05) is 32.3 Å². The van der Waals surface area contributed by atoms with Gasteiger partial charge in [0.15, 0.2) is 5.82 Å². The summed E-state index contributed by atoms with van der Waals surface area (Å²) in [6, 6.07) is 5.72. The average Bonchev–Trinajstić information content (AvgIpc) is 3.29. The molecular weight excluding hydrogens is 346 g/mol. The first-order chi connectivity index (χ1) is 13.2. The van der Waals surface area contributed by atoms with E-state index in [2.05, 4.69) is 20.5 Å². The van der Waals surface area contributed by atoms with Gasteiger partial charge in [-0.1, -0.05) is 6.07 Å². The predicted octanol–water partition coefficient (Wildman–Crippen LogP) is 1.04. The second-order valence-electron chi connectivity index (χ2n) is 6.81. The molecule has 27 heavy (non-hydrogen) atoms. The number of pyridine rings is 1. The maximum atomic E-state index is 12.7. The van der Waals surface area contributed by atoms with Crippen LogP contribution in [-0.4, -0.2) is 53.3 Å². The Kier molecular flexibility index (Phi) is 4.76. The molecule has 142 valence electrons. The highest BCUT2D eigenvalue weighted by molar-refractivity contribution is 5.74. The Hall–Kier alpha value is -2.94. The van der Waals surface area contributed by atoms with Crippen molar-refractivity contribution in [3.05, 3.63) is 47.9 Å². The van der Waals surface area contributed by atoms with Crippen LogP contribution >= 0.6 is 0 Å². The summed E-state index contributed by atoms with van der Waals surface area (Å²) in [4.78, 5) is 18.8. The molecule has 3 aromatic heterocycles. The summed E-state index contributed by atoms with van der Waals surface area (Å²) in [5, 5.41) is 20.5. The van der Waals surface area contributed by atoms with Crippen molar-refractivity contribution in [1.82, 2.24) is 34.4 Å². The van der Waals surface area contributed by atoms with E-state index in [1.54, 1.807) is 6.20 Å². The van der Waals surface area contributed by atoms with E-state index in [1.807, 2.05) is 45.3 Å². The summed E-state index contributed by atoms with van der Waals surface area (Å²) in [5.41, 5.74) is 1.80. The van der Waals surface area contributed by atoms with Crippen LogP contribution in [0.3, 0.4) is 0 Å². The summed E-state index contributed by atoms with van der Waals surface area (Å²) in [7, 11) is 1.85. The largest absolute Gasteiger partial charge is 0.388 e. The van der Waals surface area contributed by atoms with Crippen LogP contribution in [0.4, 0.5) is 4.79 Å². The van der Waals surface area contributed by atoms with Crippen LogP contribution in [0.2, 0.25) is 0 Å². The zero-order valence-corrected chi connectivity index (χ0v) is 15.2. The highest BCUT2D eigenvalue weighted by Crippen LogP contribution is 2.25. The molecule has 3 aromatic rings. The molecule has 0 spiro atoms. The van der Waals surface area contributed by atoms with E-state index in [9.17, 15) is 9.90 Å². The van der Waals surface area contributed by atoms with Crippen molar-refractivity contribution in [2.75, 3.05) is 13.1 Å². The Labute approximate surface area is 156 Å². The Bertz CT molecular complexity index is 948. The molecule has 1 saturated heterocycles. The van der Waals surface area contributed by atoms with Crippen LogP contribution in [0, 0.1) is 0 Å². The van der Waals surface area contributed by atoms with Gasteiger partial charge in [-0.2, -0.15) is 0 Å². The van der Waals surface area contributed by atoms with Gasteiger partial charge in [-0.15, -0.1) is 10.2 Å². The molecule has 0 saturated carbocycles. The minimum absolute atomic E-state index is 0.0878. The number of fused-ring (bicyclic) bond motifs is 1. The van der Waals surface area contributed by atoms with Crippen LogP contribution in [0.15, 0.2) is 30.6 Å². The number of rotatable bonds is 4. The van der Waals surface area contributed by atoms with Gasteiger partial charge >= 0.3 is 6.03 Å². The van der Waals surface area contributed by atoms with Gasteiger partial charge < -0.3 is 24.3 Å². The van der Waals surface area contributed by atoms with Crippen molar-refractivity contribution >= 4 is 11.7 Å². The lowest BCUT2D eigenvalue weighted by Crippen LogP contribution is -2.45. The number of nitrogens with zero attached hydrogens (tertiary/aromatic N) is 6. The molecule has 1 aliphatic heterocycles. The summed E-state index contributed by atoms with van der Waals surface area (Å²) in [6.07, 6.45) is 5.58. The topological polar surface area (TPSA) is 101 Å². The van der Waals surface area contributed by atoms with E-state index in [1.165, 1.54) is 0 Å². The van der Waals surface area contributed by atoms with Gasteiger partial charge in [0.2, 0.25) is 0 Å². The molecule has 2 amide bonds. The van der Waals surface area contributed by atoms with Crippen LogP contribution < -0.4 is 5.32 Å². The molecule has 9 heteroatoms. The second-order valence-corrected chi connectivity index (χ2v) is 6.81. The minimum atomic E-state index is -0.139. The Morgan fingerprint density at radius 1 is 1.37 bits per heavy atom. The van der Waals surface area contributed by atoms with Gasteiger partial charge in [0.25, 0.3) is 0 Å². The number of aliphatic hydroxyl groups excluding tert-OH is 1. The first kappa shape index (κ1) is 17.5. The number of likely N-dealkylation sites (tertiary alicyclic amines) is 1. The molecule has 1 atom stereocenters.